The van der Waals surface area contributed by atoms with Crippen molar-refractivity contribution in [2.75, 3.05) is 0 Å². The van der Waals surface area contributed by atoms with Crippen LogP contribution >= 0.6 is 0 Å². The Morgan fingerprint density at radius 1 is 1.43 bits per heavy atom. The van der Waals surface area contributed by atoms with E-state index in [-0.39, 0.29) is 0 Å². The normalized spacial score (nSPS) is 10.6. The first-order valence-electron chi connectivity index (χ1n) is 4.54. The van der Waals surface area contributed by atoms with Crippen LogP contribution in [0, 0.1) is 0 Å². The summed E-state index contributed by atoms with van der Waals surface area (Å²) in [6, 6.07) is 0. The predicted molar refractivity (Wildman–Crippen MR) is 54.8 cm³/mol. The Hall–Kier alpha value is -1.71. The first kappa shape index (κ1) is 8.87. The third-order valence-electron chi connectivity index (χ3n) is 2.16. The van der Waals surface area contributed by atoms with Crippen molar-refractivity contribution in [3.63, 3.8) is 0 Å². The van der Waals surface area contributed by atoms with Gasteiger partial charge in [0.05, 0.1) is 12.0 Å². The molecule has 0 radical (unpaired) electrons. The maximum Gasteiger partial charge on any atom is 0.163 e. The summed E-state index contributed by atoms with van der Waals surface area (Å²) < 4.78 is 1.90. The van der Waals surface area contributed by atoms with Crippen molar-refractivity contribution < 1.29 is 0 Å². The molecular weight excluding hydrogens is 176 g/mol. The summed E-state index contributed by atoms with van der Waals surface area (Å²) >= 11 is 0. The molecule has 2 aromatic heterocycles. The molecule has 0 atom stereocenters. The van der Waals surface area contributed by atoms with Gasteiger partial charge in [-0.15, -0.1) is 6.58 Å². The number of nitrogens with zero attached hydrogens (tertiary/aromatic N) is 4. The van der Waals surface area contributed by atoms with Gasteiger partial charge in [-0.1, -0.05) is 6.08 Å². The molecule has 4 nitrogen and oxygen atoms in total. The fourth-order valence-electron chi connectivity index (χ4n) is 1.42. The van der Waals surface area contributed by atoms with Gasteiger partial charge in [0.2, 0.25) is 0 Å². The van der Waals surface area contributed by atoms with Crippen molar-refractivity contribution in [3.8, 4) is 0 Å². The zero-order valence-electron chi connectivity index (χ0n) is 8.14. The van der Waals surface area contributed by atoms with E-state index in [1.54, 1.807) is 12.7 Å². The Morgan fingerprint density at radius 2 is 2.29 bits per heavy atom. The monoisotopic (exact) mass is 188 g/mol. The van der Waals surface area contributed by atoms with E-state index in [1.165, 1.54) is 0 Å². The standard InChI is InChI=1S/C10H12N4/c1-3-4-5-8-9-10(12-6-11-8)14(2)7-13-9/h3,6-7H,1,4-5H2,2H3. The largest absolute Gasteiger partial charge is 0.318 e. The third-order valence-corrected chi connectivity index (χ3v) is 2.16. The molecule has 0 saturated heterocycles. The highest BCUT2D eigenvalue weighted by Gasteiger charge is 2.06. The van der Waals surface area contributed by atoms with Gasteiger partial charge in [0, 0.05) is 7.05 Å². The molecule has 2 heterocycles. The molecule has 2 aromatic rings. The van der Waals surface area contributed by atoms with Gasteiger partial charge in [-0.2, -0.15) is 0 Å². The van der Waals surface area contributed by atoms with Crippen LogP contribution in [0.1, 0.15) is 12.1 Å². The van der Waals surface area contributed by atoms with Crippen molar-refractivity contribution in [1.82, 2.24) is 19.5 Å². The lowest BCUT2D eigenvalue weighted by molar-refractivity contribution is 0.916. The van der Waals surface area contributed by atoms with Gasteiger partial charge < -0.3 is 4.57 Å². The van der Waals surface area contributed by atoms with Gasteiger partial charge in [0.1, 0.15) is 11.8 Å². The number of imidazole rings is 1. The van der Waals surface area contributed by atoms with Gasteiger partial charge >= 0.3 is 0 Å². The number of fused-ring (bicyclic) bond motifs is 1. The van der Waals surface area contributed by atoms with Crippen molar-refractivity contribution >= 4 is 11.2 Å². The maximum atomic E-state index is 4.27. The SMILES string of the molecule is C=CCCc1ncnc2c1ncn2C. The van der Waals surface area contributed by atoms with Gasteiger partial charge in [0.25, 0.3) is 0 Å². The van der Waals surface area contributed by atoms with E-state index in [0.29, 0.717) is 0 Å². The molecule has 2 rings (SSSR count). The summed E-state index contributed by atoms with van der Waals surface area (Å²) in [6.07, 6.45) is 7.03. The van der Waals surface area contributed by atoms with Crippen LogP contribution in [0.15, 0.2) is 25.3 Å². The molecule has 0 N–H and O–H groups in total. The maximum absolute atomic E-state index is 4.27. The first-order valence-corrected chi connectivity index (χ1v) is 4.54. The van der Waals surface area contributed by atoms with Crippen LogP contribution in [-0.2, 0) is 13.5 Å². The van der Waals surface area contributed by atoms with E-state index in [1.807, 2.05) is 17.7 Å². The number of aromatic nitrogens is 4. The Bertz CT molecular complexity index is 458. The minimum atomic E-state index is 0.875. The Morgan fingerprint density at radius 3 is 3.07 bits per heavy atom. The molecule has 0 aliphatic rings. The zero-order valence-corrected chi connectivity index (χ0v) is 8.14. The molecular formula is C10H12N4. The Kier molecular flexibility index (Phi) is 2.26. The highest BCUT2D eigenvalue weighted by molar-refractivity contribution is 5.72. The Balaban J connectivity index is 2.48. The summed E-state index contributed by atoms with van der Waals surface area (Å²) in [5, 5.41) is 0. The molecule has 72 valence electrons. The van der Waals surface area contributed by atoms with Crippen molar-refractivity contribution in [3.05, 3.63) is 31.0 Å². The third kappa shape index (κ3) is 1.39. The molecule has 0 aromatic carbocycles. The van der Waals surface area contributed by atoms with Crippen LogP contribution in [0.2, 0.25) is 0 Å². The summed E-state index contributed by atoms with van der Waals surface area (Å²) in [5.41, 5.74) is 2.78. The molecule has 0 unspecified atom stereocenters. The highest BCUT2D eigenvalue weighted by Crippen LogP contribution is 2.12. The number of hydrogen-bond donors (Lipinski definition) is 0. The van der Waals surface area contributed by atoms with Crippen LogP contribution in [0.4, 0.5) is 0 Å². The summed E-state index contributed by atoms with van der Waals surface area (Å²) in [4.78, 5) is 12.7. The number of rotatable bonds is 3. The fourth-order valence-corrected chi connectivity index (χ4v) is 1.42. The van der Waals surface area contributed by atoms with Gasteiger partial charge in [-0.05, 0) is 12.8 Å². The quantitative estimate of drug-likeness (QED) is 0.685. The summed E-state index contributed by atoms with van der Waals surface area (Å²) in [5.74, 6) is 0. The first-order chi connectivity index (χ1) is 6.83. The van der Waals surface area contributed by atoms with Gasteiger partial charge in [0.15, 0.2) is 5.65 Å². The number of aryl methyl sites for hydroxylation is 2. The zero-order chi connectivity index (χ0) is 9.97. The van der Waals surface area contributed by atoms with Crippen LogP contribution in [0.25, 0.3) is 11.2 Å². The fraction of sp³-hybridized carbons (Fsp3) is 0.300. The molecule has 0 aliphatic heterocycles. The average Bonchev–Trinajstić information content (AvgIpc) is 2.58. The second-order valence-electron chi connectivity index (χ2n) is 3.18. The van der Waals surface area contributed by atoms with E-state index >= 15 is 0 Å². The number of allylic oxidation sites excluding steroid dienone is 1. The molecule has 0 bridgehead atoms. The van der Waals surface area contributed by atoms with Gasteiger partial charge in [-0.3, -0.25) is 0 Å². The lowest BCUT2D eigenvalue weighted by Crippen LogP contribution is -1.94. The second-order valence-corrected chi connectivity index (χ2v) is 3.18. The molecule has 0 saturated carbocycles. The van der Waals surface area contributed by atoms with E-state index in [2.05, 4.69) is 21.5 Å². The predicted octanol–water partition coefficient (Wildman–Crippen LogP) is 1.48. The lowest BCUT2D eigenvalue weighted by Gasteiger charge is -1.98. The Labute approximate surface area is 82.3 Å². The van der Waals surface area contributed by atoms with Crippen LogP contribution in [0.5, 0.6) is 0 Å². The molecule has 0 fully saturated rings. The topological polar surface area (TPSA) is 43.6 Å². The van der Waals surface area contributed by atoms with Crippen LogP contribution < -0.4 is 0 Å². The second kappa shape index (κ2) is 3.57. The van der Waals surface area contributed by atoms with Crippen molar-refractivity contribution in [2.24, 2.45) is 7.05 Å². The summed E-state index contributed by atoms with van der Waals surface area (Å²) in [7, 11) is 1.93. The van der Waals surface area contributed by atoms with E-state index in [4.69, 9.17) is 0 Å². The smallest absolute Gasteiger partial charge is 0.163 e. The molecule has 0 aliphatic carbocycles. The van der Waals surface area contributed by atoms with Crippen molar-refractivity contribution in [2.45, 2.75) is 12.8 Å². The van der Waals surface area contributed by atoms with E-state index in [9.17, 15) is 0 Å². The average molecular weight is 188 g/mol. The van der Waals surface area contributed by atoms with Crippen LogP contribution in [0.3, 0.4) is 0 Å². The lowest BCUT2D eigenvalue weighted by atomic mass is 10.2. The van der Waals surface area contributed by atoms with Crippen LogP contribution in [-0.4, -0.2) is 19.5 Å². The molecule has 4 heteroatoms. The minimum Gasteiger partial charge on any atom is -0.318 e. The summed E-state index contributed by atoms with van der Waals surface area (Å²) in [6.45, 7) is 3.69. The molecule has 0 spiro atoms. The van der Waals surface area contributed by atoms with Gasteiger partial charge in [-0.25, -0.2) is 15.0 Å². The van der Waals surface area contributed by atoms with Crippen molar-refractivity contribution in [1.29, 1.82) is 0 Å². The molecule has 0 amide bonds. The van der Waals surface area contributed by atoms with E-state index < -0.39 is 0 Å². The van der Waals surface area contributed by atoms with E-state index in [0.717, 1.165) is 29.7 Å². The highest BCUT2D eigenvalue weighted by atomic mass is 15.1. The molecule has 14 heavy (non-hydrogen) atoms. The number of hydrogen-bond acceptors (Lipinski definition) is 3. The minimum absolute atomic E-state index is 0.875.